The summed E-state index contributed by atoms with van der Waals surface area (Å²) in [5.74, 6) is 1.01. The topological polar surface area (TPSA) is 15.3 Å². The van der Waals surface area contributed by atoms with Crippen LogP contribution in [0.2, 0.25) is 0 Å². The van der Waals surface area contributed by atoms with Gasteiger partial charge < -0.3 is 5.32 Å². The molecule has 2 fully saturated rings. The summed E-state index contributed by atoms with van der Waals surface area (Å²) in [5.41, 5.74) is 0.392. The minimum atomic E-state index is 0.392. The average Bonchev–Trinajstić information content (AvgIpc) is 2.37. The zero-order chi connectivity index (χ0) is 13.9. The van der Waals surface area contributed by atoms with Gasteiger partial charge in [0.2, 0.25) is 0 Å². The van der Waals surface area contributed by atoms with Crippen molar-refractivity contribution in [2.24, 2.45) is 11.3 Å². The second-order valence-electron chi connectivity index (χ2n) is 7.92. The van der Waals surface area contributed by atoms with Crippen LogP contribution in [0.15, 0.2) is 0 Å². The van der Waals surface area contributed by atoms with Gasteiger partial charge in [-0.2, -0.15) is 0 Å². The van der Waals surface area contributed by atoms with Crippen molar-refractivity contribution in [2.75, 3.05) is 19.6 Å². The highest BCUT2D eigenvalue weighted by Crippen LogP contribution is 2.36. The van der Waals surface area contributed by atoms with Crippen LogP contribution < -0.4 is 5.32 Å². The summed E-state index contributed by atoms with van der Waals surface area (Å²) in [6.07, 6.45) is 8.81. The van der Waals surface area contributed by atoms with Crippen molar-refractivity contribution in [3.63, 3.8) is 0 Å². The molecule has 2 atom stereocenters. The first-order chi connectivity index (χ1) is 8.98. The number of nitrogens with zero attached hydrogens (tertiary/aromatic N) is 1. The van der Waals surface area contributed by atoms with Gasteiger partial charge >= 0.3 is 0 Å². The zero-order valence-electron chi connectivity index (χ0n) is 13.5. The van der Waals surface area contributed by atoms with E-state index in [1.807, 2.05) is 0 Å². The lowest BCUT2D eigenvalue weighted by Gasteiger charge is -2.47. The van der Waals surface area contributed by atoms with E-state index in [1.54, 1.807) is 0 Å². The van der Waals surface area contributed by atoms with E-state index in [0.717, 1.165) is 18.5 Å². The predicted octanol–water partition coefficient (Wildman–Crippen LogP) is 3.67. The fraction of sp³-hybridized carbons (Fsp3) is 1.00. The van der Waals surface area contributed by atoms with Gasteiger partial charge in [0.25, 0.3) is 0 Å². The Morgan fingerprint density at radius 1 is 1.11 bits per heavy atom. The standard InChI is InChI=1S/C17H34N2/c1-14(2)18-12-17(3,4)13-19-11-7-9-15-8-5-6-10-16(15)19/h14-16,18H,5-13H2,1-4H3/t15-,16-/m1/s1. The molecule has 0 bridgehead atoms. The van der Waals surface area contributed by atoms with Crippen molar-refractivity contribution in [1.82, 2.24) is 10.2 Å². The number of likely N-dealkylation sites (tertiary alicyclic amines) is 1. The van der Waals surface area contributed by atoms with Crippen molar-refractivity contribution in [2.45, 2.75) is 78.3 Å². The molecule has 2 heteroatoms. The van der Waals surface area contributed by atoms with E-state index in [2.05, 4.69) is 37.9 Å². The molecule has 0 aromatic heterocycles. The molecule has 0 radical (unpaired) electrons. The first-order valence-corrected chi connectivity index (χ1v) is 8.45. The summed E-state index contributed by atoms with van der Waals surface area (Å²) < 4.78 is 0. The van der Waals surface area contributed by atoms with Gasteiger partial charge in [0.1, 0.15) is 0 Å². The highest BCUT2D eigenvalue weighted by molar-refractivity contribution is 4.90. The van der Waals surface area contributed by atoms with E-state index in [1.165, 1.54) is 51.6 Å². The smallest absolute Gasteiger partial charge is 0.0124 e. The molecule has 0 aromatic carbocycles. The Hall–Kier alpha value is -0.0800. The number of rotatable bonds is 5. The average molecular weight is 266 g/mol. The number of nitrogens with one attached hydrogen (secondary N) is 1. The van der Waals surface area contributed by atoms with Crippen molar-refractivity contribution in [3.05, 3.63) is 0 Å². The van der Waals surface area contributed by atoms with Gasteiger partial charge in [0.05, 0.1) is 0 Å². The third-order valence-electron chi connectivity index (χ3n) is 4.98. The number of fused-ring (bicyclic) bond motifs is 1. The normalized spacial score (nSPS) is 29.5. The molecule has 1 saturated carbocycles. The van der Waals surface area contributed by atoms with Crippen molar-refractivity contribution < 1.29 is 0 Å². The Balaban J connectivity index is 1.89. The maximum atomic E-state index is 3.62. The summed E-state index contributed by atoms with van der Waals surface area (Å²) in [6, 6.07) is 1.50. The molecule has 112 valence electrons. The highest BCUT2D eigenvalue weighted by atomic mass is 15.2. The molecule has 0 unspecified atom stereocenters. The minimum absolute atomic E-state index is 0.392. The molecular weight excluding hydrogens is 232 g/mol. The molecule has 2 nitrogen and oxygen atoms in total. The van der Waals surface area contributed by atoms with Gasteiger partial charge in [0.15, 0.2) is 0 Å². The number of hydrogen-bond donors (Lipinski definition) is 1. The van der Waals surface area contributed by atoms with Crippen molar-refractivity contribution in [1.29, 1.82) is 0 Å². The van der Waals surface area contributed by atoms with Crippen LogP contribution in [0, 0.1) is 11.3 Å². The zero-order valence-corrected chi connectivity index (χ0v) is 13.5. The molecular formula is C17H34N2. The first-order valence-electron chi connectivity index (χ1n) is 8.45. The second-order valence-corrected chi connectivity index (χ2v) is 7.92. The molecule has 1 aliphatic heterocycles. The molecule has 2 rings (SSSR count). The van der Waals surface area contributed by atoms with E-state index in [9.17, 15) is 0 Å². The lowest BCUT2D eigenvalue weighted by molar-refractivity contribution is 0.0317. The fourth-order valence-corrected chi connectivity index (χ4v) is 4.01. The molecule has 19 heavy (non-hydrogen) atoms. The van der Waals surface area contributed by atoms with Crippen molar-refractivity contribution in [3.8, 4) is 0 Å². The van der Waals surface area contributed by atoms with E-state index in [-0.39, 0.29) is 0 Å². The summed E-state index contributed by atoms with van der Waals surface area (Å²) in [7, 11) is 0. The molecule has 1 aliphatic carbocycles. The van der Waals surface area contributed by atoms with Crippen LogP contribution in [0.4, 0.5) is 0 Å². The molecule has 2 aliphatic rings. The van der Waals surface area contributed by atoms with Crippen LogP contribution in [0.1, 0.15) is 66.2 Å². The summed E-state index contributed by atoms with van der Waals surface area (Å²) in [6.45, 7) is 13.1. The van der Waals surface area contributed by atoms with Crippen LogP contribution in [-0.4, -0.2) is 36.6 Å². The van der Waals surface area contributed by atoms with E-state index in [4.69, 9.17) is 0 Å². The Kier molecular flexibility index (Phi) is 5.30. The van der Waals surface area contributed by atoms with Crippen LogP contribution in [0.25, 0.3) is 0 Å². The second kappa shape index (κ2) is 6.58. The Labute approximate surface area is 120 Å². The van der Waals surface area contributed by atoms with Gasteiger partial charge in [0, 0.05) is 25.2 Å². The van der Waals surface area contributed by atoms with Crippen LogP contribution >= 0.6 is 0 Å². The summed E-state index contributed by atoms with van der Waals surface area (Å²) >= 11 is 0. The molecule has 1 saturated heterocycles. The monoisotopic (exact) mass is 266 g/mol. The van der Waals surface area contributed by atoms with Crippen LogP contribution in [-0.2, 0) is 0 Å². The summed E-state index contributed by atoms with van der Waals surface area (Å²) in [4.78, 5) is 2.83. The van der Waals surface area contributed by atoms with E-state index in [0.29, 0.717) is 11.5 Å². The van der Waals surface area contributed by atoms with Gasteiger partial charge in [-0.1, -0.05) is 40.5 Å². The maximum Gasteiger partial charge on any atom is 0.0124 e. The first kappa shape index (κ1) is 15.3. The third kappa shape index (κ3) is 4.46. The maximum absolute atomic E-state index is 3.62. The van der Waals surface area contributed by atoms with Gasteiger partial charge in [-0.3, -0.25) is 4.90 Å². The molecule has 1 N–H and O–H groups in total. The van der Waals surface area contributed by atoms with Gasteiger partial charge in [-0.15, -0.1) is 0 Å². The SMILES string of the molecule is CC(C)NCC(C)(C)CN1CCC[C@H]2CCCC[C@H]21. The quantitative estimate of drug-likeness (QED) is 0.817. The molecule has 0 spiro atoms. The third-order valence-corrected chi connectivity index (χ3v) is 4.98. The highest BCUT2D eigenvalue weighted by Gasteiger charge is 2.35. The Bertz CT molecular complexity index is 270. The van der Waals surface area contributed by atoms with Crippen molar-refractivity contribution >= 4 is 0 Å². The summed E-state index contributed by atoms with van der Waals surface area (Å²) in [5, 5.41) is 3.62. The Morgan fingerprint density at radius 3 is 2.53 bits per heavy atom. The van der Waals surface area contributed by atoms with E-state index >= 15 is 0 Å². The van der Waals surface area contributed by atoms with Gasteiger partial charge in [-0.05, 0) is 43.6 Å². The number of hydrogen-bond acceptors (Lipinski definition) is 2. The lowest BCUT2D eigenvalue weighted by atomic mass is 9.77. The molecule has 0 aromatic rings. The Morgan fingerprint density at radius 2 is 1.79 bits per heavy atom. The lowest BCUT2D eigenvalue weighted by Crippen LogP contribution is -2.51. The van der Waals surface area contributed by atoms with Crippen LogP contribution in [0.3, 0.4) is 0 Å². The fourth-order valence-electron chi connectivity index (χ4n) is 4.01. The van der Waals surface area contributed by atoms with Crippen LogP contribution in [0.5, 0.6) is 0 Å². The number of piperidine rings is 1. The van der Waals surface area contributed by atoms with Gasteiger partial charge in [-0.25, -0.2) is 0 Å². The predicted molar refractivity (Wildman–Crippen MR) is 83.5 cm³/mol. The largest absolute Gasteiger partial charge is 0.314 e. The van der Waals surface area contributed by atoms with E-state index < -0.39 is 0 Å². The minimum Gasteiger partial charge on any atom is -0.314 e. The molecule has 0 amide bonds. The molecule has 1 heterocycles.